The van der Waals surface area contributed by atoms with Crippen LogP contribution < -0.4 is 19.6 Å². The molecule has 31 heavy (non-hydrogen) atoms. The lowest BCUT2D eigenvalue weighted by Crippen LogP contribution is -2.17. The second kappa shape index (κ2) is 10.8. The van der Waals surface area contributed by atoms with Crippen LogP contribution >= 0.6 is 22.6 Å². The number of aryl methyl sites for hydroxylation is 1. The molecule has 0 heterocycles. The van der Waals surface area contributed by atoms with E-state index in [2.05, 4.69) is 52.2 Å². The highest BCUT2D eigenvalue weighted by Crippen LogP contribution is 2.34. The van der Waals surface area contributed by atoms with Crippen LogP contribution in [-0.4, -0.2) is 26.3 Å². The molecule has 0 atom stereocenters. The van der Waals surface area contributed by atoms with Gasteiger partial charge in [0.25, 0.3) is 5.91 Å². The maximum atomic E-state index is 12.2. The largest absolute Gasteiger partial charge is 0.497 e. The molecule has 0 fully saturated rings. The van der Waals surface area contributed by atoms with Crippen molar-refractivity contribution >= 4 is 34.7 Å². The van der Waals surface area contributed by atoms with Gasteiger partial charge in [-0.15, -0.1) is 0 Å². The summed E-state index contributed by atoms with van der Waals surface area (Å²) < 4.78 is 17.5. The second-order valence-electron chi connectivity index (χ2n) is 6.74. The molecule has 0 saturated heterocycles. The van der Waals surface area contributed by atoms with Crippen molar-refractivity contribution in [3.05, 3.63) is 86.5 Å². The van der Waals surface area contributed by atoms with Gasteiger partial charge in [-0.3, -0.25) is 4.79 Å². The van der Waals surface area contributed by atoms with E-state index in [0.29, 0.717) is 29.4 Å². The molecule has 3 rings (SSSR count). The minimum absolute atomic E-state index is 0.307. The molecule has 0 unspecified atom stereocenters. The van der Waals surface area contributed by atoms with Crippen LogP contribution in [0.1, 0.15) is 27.0 Å². The number of hydrogen-bond donors (Lipinski definition) is 1. The van der Waals surface area contributed by atoms with Crippen molar-refractivity contribution in [3.8, 4) is 17.2 Å². The van der Waals surface area contributed by atoms with Gasteiger partial charge in [-0.05, 0) is 77.0 Å². The average molecular weight is 530 g/mol. The average Bonchev–Trinajstić information content (AvgIpc) is 2.79. The van der Waals surface area contributed by atoms with Gasteiger partial charge in [-0.2, -0.15) is 5.10 Å². The Morgan fingerprint density at radius 1 is 1.03 bits per heavy atom. The standard InChI is InChI=1S/C24H23IN2O4/c1-16-4-6-17(7-5-16)15-31-23-21(25)12-18(13-22(23)30-3)14-26-27-24(28)19-8-10-20(29-2)11-9-19/h4-14H,15H2,1-3H3,(H,27,28)/b26-14-. The third-order valence-electron chi connectivity index (χ3n) is 4.49. The zero-order valence-corrected chi connectivity index (χ0v) is 19.7. The predicted octanol–water partition coefficient (Wildman–Crippen LogP) is 4.96. The van der Waals surface area contributed by atoms with Crippen molar-refractivity contribution in [2.24, 2.45) is 5.10 Å². The molecule has 3 aromatic rings. The summed E-state index contributed by atoms with van der Waals surface area (Å²) in [4.78, 5) is 12.2. The third-order valence-corrected chi connectivity index (χ3v) is 5.29. The number of ether oxygens (including phenoxy) is 3. The highest BCUT2D eigenvalue weighted by atomic mass is 127. The topological polar surface area (TPSA) is 69.2 Å². The van der Waals surface area contributed by atoms with Crippen molar-refractivity contribution in [3.63, 3.8) is 0 Å². The number of rotatable bonds is 8. The lowest BCUT2D eigenvalue weighted by Gasteiger charge is -2.13. The third kappa shape index (κ3) is 6.21. The highest BCUT2D eigenvalue weighted by Gasteiger charge is 2.12. The van der Waals surface area contributed by atoms with E-state index in [0.717, 1.165) is 14.7 Å². The van der Waals surface area contributed by atoms with Gasteiger partial charge < -0.3 is 14.2 Å². The van der Waals surface area contributed by atoms with Crippen LogP contribution in [0.25, 0.3) is 0 Å². The van der Waals surface area contributed by atoms with E-state index in [9.17, 15) is 4.79 Å². The van der Waals surface area contributed by atoms with Crippen molar-refractivity contribution in [2.45, 2.75) is 13.5 Å². The first-order chi connectivity index (χ1) is 15.0. The number of amides is 1. The van der Waals surface area contributed by atoms with Gasteiger partial charge in [-0.25, -0.2) is 5.43 Å². The Kier molecular flexibility index (Phi) is 7.88. The van der Waals surface area contributed by atoms with Gasteiger partial charge in [-0.1, -0.05) is 29.8 Å². The number of halogens is 1. The Labute approximate surface area is 195 Å². The summed E-state index contributed by atoms with van der Waals surface area (Å²) >= 11 is 2.20. The van der Waals surface area contributed by atoms with Crippen LogP contribution in [0.15, 0.2) is 65.8 Å². The normalized spacial score (nSPS) is 10.7. The Hall–Kier alpha value is -3.07. The number of nitrogens with one attached hydrogen (secondary N) is 1. The minimum atomic E-state index is -0.307. The highest BCUT2D eigenvalue weighted by molar-refractivity contribution is 14.1. The Morgan fingerprint density at radius 3 is 2.39 bits per heavy atom. The molecule has 3 aromatic carbocycles. The predicted molar refractivity (Wildman–Crippen MR) is 129 cm³/mol. The van der Waals surface area contributed by atoms with Gasteiger partial charge >= 0.3 is 0 Å². The van der Waals surface area contributed by atoms with Crippen LogP contribution in [-0.2, 0) is 6.61 Å². The maximum Gasteiger partial charge on any atom is 0.271 e. The lowest BCUT2D eigenvalue weighted by molar-refractivity contribution is 0.0955. The van der Waals surface area contributed by atoms with Crippen LogP contribution in [0, 0.1) is 10.5 Å². The molecule has 0 radical (unpaired) electrons. The van der Waals surface area contributed by atoms with Gasteiger partial charge in [0.1, 0.15) is 12.4 Å². The molecule has 1 N–H and O–H groups in total. The molecular formula is C24H23IN2O4. The quantitative estimate of drug-likeness (QED) is 0.254. The summed E-state index contributed by atoms with van der Waals surface area (Å²) in [6.45, 7) is 2.49. The molecule has 0 spiro atoms. The fraction of sp³-hybridized carbons (Fsp3) is 0.167. The zero-order valence-electron chi connectivity index (χ0n) is 17.5. The van der Waals surface area contributed by atoms with Crippen LogP contribution in [0.2, 0.25) is 0 Å². The van der Waals surface area contributed by atoms with Crippen LogP contribution in [0.5, 0.6) is 17.2 Å². The summed E-state index contributed by atoms with van der Waals surface area (Å²) in [7, 11) is 3.17. The molecule has 0 aliphatic heterocycles. The van der Waals surface area contributed by atoms with Crippen molar-refractivity contribution < 1.29 is 19.0 Å². The summed E-state index contributed by atoms with van der Waals surface area (Å²) in [6.07, 6.45) is 1.57. The first-order valence-corrected chi connectivity index (χ1v) is 10.6. The fourth-order valence-corrected chi connectivity index (χ4v) is 3.55. The molecule has 0 bridgehead atoms. The molecule has 160 valence electrons. The molecular weight excluding hydrogens is 507 g/mol. The van der Waals surface area contributed by atoms with E-state index in [1.807, 2.05) is 24.3 Å². The summed E-state index contributed by atoms with van der Waals surface area (Å²) in [5, 5.41) is 4.05. The number of hydrogen-bond acceptors (Lipinski definition) is 5. The molecule has 6 nitrogen and oxygen atoms in total. The van der Waals surface area contributed by atoms with Crippen molar-refractivity contribution in [1.29, 1.82) is 0 Å². The second-order valence-corrected chi connectivity index (χ2v) is 7.90. The van der Waals surface area contributed by atoms with Crippen molar-refractivity contribution in [2.75, 3.05) is 14.2 Å². The Balaban J connectivity index is 1.66. The summed E-state index contributed by atoms with van der Waals surface area (Å²) in [5.74, 6) is 1.65. The number of hydrazone groups is 1. The number of carbonyl (C=O) groups is 1. The monoisotopic (exact) mass is 530 g/mol. The molecule has 1 amide bonds. The molecule has 0 aromatic heterocycles. The number of benzene rings is 3. The van der Waals surface area contributed by atoms with Gasteiger partial charge in [0.2, 0.25) is 0 Å². The summed E-state index contributed by atoms with van der Waals surface area (Å²) in [6, 6.07) is 18.7. The Morgan fingerprint density at radius 2 is 1.74 bits per heavy atom. The smallest absolute Gasteiger partial charge is 0.271 e. The van der Waals surface area contributed by atoms with E-state index < -0.39 is 0 Å². The minimum Gasteiger partial charge on any atom is -0.497 e. The number of nitrogens with zero attached hydrogens (tertiary/aromatic N) is 1. The SMILES string of the molecule is COc1ccc(C(=O)N/N=C\c2cc(I)c(OCc3ccc(C)cc3)c(OC)c2)cc1. The first kappa shape index (κ1) is 22.6. The lowest BCUT2D eigenvalue weighted by atomic mass is 10.2. The molecule has 0 aliphatic carbocycles. The maximum absolute atomic E-state index is 12.2. The fourth-order valence-electron chi connectivity index (χ4n) is 2.77. The number of methoxy groups -OCH3 is 2. The summed E-state index contributed by atoms with van der Waals surface area (Å²) in [5.41, 5.74) is 6.08. The Bertz CT molecular complexity index is 1060. The van der Waals surface area contributed by atoms with E-state index in [1.165, 1.54) is 5.56 Å². The van der Waals surface area contributed by atoms with E-state index in [4.69, 9.17) is 14.2 Å². The van der Waals surface area contributed by atoms with E-state index in [-0.39, 0.29) is 5.91 Å². The van der Waals surface area contributed by atoms with Crippen LogP contribution in [0.4, 0.5) is 0 Å². The first-order valence-electron chi connectivity index (χ1n) is 9.53. The van der Waals surface area contributed by atoms with Crippen LogP contribution in [0.3, 0.4) is 0 Å². The van der Waals surface area contributed by atoms with Gasteiger partial charge in [0.15, 0.2) is 11.5 Å². The zero-order chi connectivity index (χ0) is 22.2. The number of carbonyl (C=O) groups excluding carboxylic acids is 1. The van der Waals surface area contributed by atoms with E-state index in [1.54, 1.807) is 44.7 Å². The van der Waals surface area contributed by atoms with Crippen molar-refractivity contribution in [1.82, 2.24) is 5.43 Å². The molecule has 0 aliphatic rings. The molecule has 0 saturated carbocycles. The van der Waals surface area contributed by atoms with E-state index >= 15 is 0 Å². The van der Waals surface area contributed by atoms with Gasteiger partial charge in [0, 0.05) is 5.56 Å². The van der Waals surface area contributed by atoms with Gasteiger partial charge in [0.05, 0.1) is 24.0 Å². The molecule has 7 heteroatoms.